The zero-order chi connectivity index (χ0) is 22.2. The van der Waals surface area contributed by atoms with E-state index in [1.54, 1.807) is 35.2 Å². The molecular weight excluding hydrogens is 411 g/mol. The van der Waals surface area contributed by atoms with E-state index < -0.39 is 0 Å². The number of fused-ring (bicyclic) bond motifs is 1. The van der Waals surface area contributed by atoms with Gasteiger partial charge in [-0.15, -0.1) is 0 Å². The highest BCUT2D eigenvalue weighted by Crippen LogP contribution is 2.34. The highest BCUT2D eigenvalue weighted by atomic mass is 19.1. The molecule has 0 N–H and O–H groups in total. The number of hydrogen-bond donors (Lipinski definition) is 0. The number of benzene rings is 1. The maximum absolute atomic E-state index is 14.3. The summed E-state index contributed by atoms with van der Waals surface area (Å²) in [6.45, 7) is 4.03. The van der Waals surface area contributed by atoms with Crippen molar-refractivity contribution >= 4 is 17.6 Å². The second kappa shape index (κ2) is 8.18. The van der Waals surface area contributed by atoms with Crippen LogP contribution in [0.15, 0.2) is 47.1 Å². The maximum atomic E-state index is 14.3. The minimum atomic E-state index is -0.294. The number of carbonyl (C=O) groups excluding carboxylic acids is 2. The zero-order valence-electron chi connectivity index (χ0n) is 17.8. The van der Waals surface area contributed by atoms with E-state index in [1.165, 1.54) is 12.3 Å². The third kappa shape index (κ3) is 3.66. The number of ketones is 1. The first-order valence-corrected chi connectivity index (χ1v) is 10.7. The molecule has 5 rings (SSSR count). The minimum absolute atomic E-state index is 0.0441. The molecule has 1 saturated heterocycles. The summed E-state index contributed by atoms with van der Waals surface area (Å²) in [5, 5.41) is 0. The summed E-state index contributed by atoms with van der Waals surface area (Å²) >= 11 is 0. The number of aromatic nitrogens is 2. The number of aryl methyl sites for hydroxylation is 1. The molecular formula is C24H23FN4O3. The number of piperazine rings is 1. The normalized spacial score (nSPS) is 18.6. The Morgan fingerprint density at radius 2 is 1.84 bits per heavy atom. The van der Waals surface area contributed by atoms with Crippen molar-refractivity contribution in [1.29, 1.82) is 0 Å². The summed E-state index contributed by atoms with van der Waals surface area (Å²) in [6.07, 6.45) is 2.24. The van der Waals surface area contributed by atoms with E-state index in [0.29, 0.717) is 66.8 Å². The van der Waals surface area contributed by atoms with Gasteiger partial charge in [-0.2, -0.15) is 0 Å². The number of furan rings is 1. The van der Waals surface area contributed by atoms with Crippen LogP contribution in [0, 0.1) is 12.7 Å². The number of anilines is 1. The summed E-state index contributed by atoms with van der Waals surface area (Å²) in [4.78, 5) is 38.4. The number of nitrogens with zero attached hydrogens (tertiary/aromatic N) is 4. The predicted molar refractivity (Wildman–Crippen MR) is 115 cm³/mol. The molecule has 1 aromatic carbocycles. The number of amides is 1. The van der Waals surface area contributed by atoms with Crippen LogP contribution in [0.3, 0.4) is 0 Å². The van der Waals surface area contributed by atoms with Crippen LogP contribution in [-0.4, -0.2) is 52.7 Å². The molecule has 32 heavy (non-hydrogen) atoms. The Balaban J connectivity index is 1.36. The van der Waals surface area contributed by atoms with Crippen molar-refractivity contribution in [3.63, 3.8) is 0 Å². The van der Waals surface area contributed by atoms with Crippen LogP contribution in [0.1, 0.15) is 50.2 Å². The summed E-state index contributed by atoms with van der Waals surface area (Å²) in [5.41, 5.74) is 2.43. The lowest BCUT2D eigenvalue weighted by Gasteiger charge is -2.35. The molecule has 0 radical (unpaired) electrons. The van der Waals surface area contributed by atoms with Crippen LogP contribution < -0.4 is 4.90 Å². The standard InChI is InChI=1S/C24H23FN4O3/c1-15-22-19(13-16(14-20(22)30)17-5-2-3-6-18(17)25)27-24(26-15)29-10-8-28(9-11-29)23(31)21-7-4-12-32-21/h2-7,12,16H,8-11,13-14H2,1H3/t16-/m0/s1. The fraction of sp³-hybridized carbons (Fsp3) is 0.333. The molecule has 1 aliphatic heterocycles. The molecule has 2 aliphatic rings. The van der Waals surface area contributed by atoms with E-state index in [4.69, 9.17) is 9.40 Å². The quantitative estimate of drug-likeness (QED) is 0.629. The van der Waals surface area contributed by atoms with Crippen molar-refractivity contribution in [1.82, 2.24) is 14.9 Å². The fourth-order valence-electron chi connectivity index (χ4n) is 4.59. The van der Waals surface area contributed by atoms with Gasteiger partial charge in [0.15, 0.2) is 11.5 Å². The highest BCUT2D eigenvalue weighted by Gasteiger charge is 2.32. The van der Waals surface area contributed by atoms with Crippen molar-refractivity contribution < 1.29 is 18.4 Å². The van der Waals surface area contributed by atoms with Gasteiger partial charge in [-0.05, 0) is 43.0 Å². The third-order valence-corrected chi connectivity index (χ3v) is 6.23. The van der Waals surface area contributed by atoms with Gasteiger partial charge >= 0.3 is 0 Å². The topological polar surface area (TPSA) is 79.5 Å². The Kier molecular flexibility index (Phi) is 5.20. The molecule has 7 nitrogen and oxygen atoms in total. The van der Waals surface area contributed by atoms with Crippen LogP contribution in [0.5, 0.6) is 0 Å². The Labute approximate surface area is 184 Å². The summed E-state index contributed by atoms with van der Waals surface area (Å²) < 4.78 is 19.6. The molecule has 0 unspecified atom stereocenters. The van der Waals surface area contributed by atoms with Gasteiger partial charge in [0, 0.05) is 32.6 Å². The van der Waals surface area contributed by atoms with Gasteiger partial charge in [0.1, 0.15) is 5.82 Å². The number of hydrogen-bond acceptors (Lipinski definition) is 6. The van der Waals surface area contributed by atoms with Gasteiger partial charge in [0.05, 0.1) is 23.2 Å². The second-order valence-electron chi connectivity index (χ2n) is 8.24. The minimum Gasteiger partial charge on any atom is -0.459 e. The van der Waals surface area contributed by atoms with Crippen LogP contribution in [0.25, 0.3) is 0 Å². The van der Waals surface area contributed by atoms with Crippen molar-refractivity contribution in [3.8, 4) is 0 Å². The number of rotatable bonds is 3. The van der Waals surface area contributed by atoms with Gasteiger partial charge in [0.25, 0.3) is 5.91 Å². The molecule has 1 aliphatic carbocycles. The van der Waals surface area contributed by atoms with Gasteiger partial charge < -0.3 is 14.2 Å². The molecule has 1 atom stereocenters. The molecule has 3 heterocycles. The molecule has 0 spiro atoms. The lowest BCUT2D eigenvalue weighted by Crippen LogP contribution is -2.49. The third-order valence-electron chi connectivity index (χ3n) is 6.23. The van der Waals surface area contributed by atoms with Crippen LogP contribution in [0.4, 0.5) is 10.3 Å². The monoisotopic (exact) mass is 434 g/mol. The Hall–Kier alpha value is -3.55. The lowest BCUT2D eigenvalue weighted by molar-refractivity contribution is 0.0713. The van der Waals surface area contributed by atoms with Crippen molar-refractivity contribution in [3.05, 3.63) is 76.8 Å². The van der Waals surface area contributed by atoms with Gasteiger partial charge in [-0.3, -0.25) is 9.59 Å². The Morgan fingerprint density at radius 1 is 1.06 bits per heavy atom. The molecule has 0 bridgehead atoms. The molecule has 1 amide bonds. The van der Waals surface area contributed by atoms with Gasteiger partial charge in [0.2, 0.25) is 5.95 Å². The van der Waals surface area contributed by atoms with Gasteiger partial charge in [-0.25, -0.2) is 14.4 Å². The fourth-order valence-corrected chi connectivity index (χ4v) is 4.59. The average Bonchev–Trinajstić information content (AvgIpc) is 3.33. The number of Topliss-reactive ketones (excluding diaryl/α,β-unsaturated/α-hetero) is 1. The predicted octanol–water partition coefficient (Wildman–Crippen LogP) is 3.39. The number of carbonyl (C=O) groups is 2. The van der Waals surface area contributed by atoms with Crippen molar-refractivity contribution in [2.24, 2.45) is 0 Å². The summed E-state index contributed by atoms with van der Waals surface area (Å²) in [6, 6.07) is 9.96. The largest absolute Gasteiger partial charge is 0.459 e. The molecule has 1 fully saturated rings. The second-order valence-corrected chi connectivity index (χ2v) is 8.24. The first-order valence-electron chi connectivity index (χ1n) is 10.7. The Bertz CT molecular complexity index is 1170. The maximum Gasteiger partial charge on any atom is 0.289 e. The van der Waals surface area contributed by atoms with E-state index in [-0.39, 0.29) is 29.8 Å². The molecule has 8 heteroatoms. The summed E-state index contributed by atoms with van der Waals surface area (Å²) in [5.74, 6) is 0.177. The van der Waals surface area contributed by atoms with Crippen LogP contribution in [-0.2, 0) is 6.42 Å². The SMILES string of the molecule is Cc1nc(N2CCN(C(=O)c3ccco3)CC2)nc2c1C(=O)C[C@@H](c1ccccc1F)C2. The smallest absolute Gasteiger partial charge is 0.289 e. The van der Waals surface area contributed by atoms with E-state index >= 15 is 0 Å². The zero-order valence-corrected chi connectivity index (χ0v) is 17.8. The van der Waals surface area contributed by atoms with E-state index in [2.05, 4.69) is 4.98 Å². The molecule has 0 saturated carbocycles. The first-order chi connectivity index (χ1) is 15.5. The average molecular weight is 434 g/mol. The number of halogens is 1. The van der Waals surface area contributed by atoms with Gasteiger partial charge in [-0.1, -0.05) is 18.2 Å². The Morgan fingerprint density at radius 3 is 2.56 bits per heavy atom. The highest BCUT2D eigenvalue weighted by molar-refractivity contribution is 5.99. The first kappa shape index (κ1) is 20.4. The van der Waals surface area contributed by atoms with Crippen molar-refractivity contribution in [2.75, 3.05) is 31.1 Å². The van der Waals surface area contributed by atoms with Crippen molar-refractivity contribution in [2.45, 2.75) is 25.7 Å². The van der Waals surface area contributed by atoms with E-state index in [0.717, 1.165) is 0 Å². The molecule has 3 aromatic rings. The van der Waals surface area contributed by atoms with Crippen LogP contribution in [0.2, 0.25) is 0 Å². The van der Waals surface area contributed by atoms with E-state index in [1.807, 2.05) is 11.8 Å². The van der Waals surface area contributed by atoms with E-state index in [9.17, 15) is 14.0 Å². The molecule has 2 aromatic heterocycles. The molecule has 164 valence electrons. The van der Waals surface area contributed by atoms with Crippen LogP contribution >= 0.6 is 0 Å². The lowest BCUT2D eigenvalue weighted by atomic mass is 9.81. The summed E-state index contributed by atoms with van der Waals surface area (Å²) in [7, 11) is 0.